The van der Waals surface area contributed by atoms with E-state index in [1.165, 1.54) is 22.8 Å². The standard InChI is InChI=1S/C13H10FNO4/c1-19-12(17)13(18)6-15-9(16)5-3-7-2-4-8(14)10(13)11(7)15/h2-5,18H,6H2,1H3. The monoisotopic (exact) mass is 263 g/mol. The molecule has 19 heavy (non-hydrogen) atoms. The van der Waals surface area contributed by atoms with Crippen molar-refractivity contribution in [3.05, 3.63) is 46.0 Å². The van der Waals surface area contributed by atoms with Crippen molar-refractivity contribution in [2.24, 2.45) is 0 Å². The number of carbonyl (C=O) groups is 1. The Bertz CT molecular complexity index is 767. The molecule has 1 atom stereocenters. The van der Waals surface area contributed by atoms with Crippen molar-refractivity contribution in [1.82, 2.24) is 4.57 Å². The van der Waals surface area contributed by atoms with E-state index in [1.807, 2.05) is 0 Å². The summed E-state index contributed by atoms with van der Waals surface area (Å²) in [6.07, 6.45) is 0. The van der Waals surface area contributed by atoms with E-state index in [4.69, 9.17) is 0 Å². The molecule has 1 aliphatic rings. The van der Waals surface area contributed by atoms with Crippen LogP contribution in [-0.4, -0.2) is 22.8 Å². The summed E-state index contributed by atoms with van der Waals surface area (Å²) in [6.45, 7) is -0.341. The number of hydrogen-bond acceptors (Lipinski definition) is 4. The number of rotatable bonds is 1. The van der Waals surface area contributed by atoms with E-state index >= 15 is 0 Å². The molecule has 1 aromatic carbocycles. The van der Waals surface area contributed by atoms with Crippen molar-refractivity contribution in [1.29, 1.82) is 0 Å². The van der Waals surface area contributed by atoms with Crippen LogP contribution in [0.2, 0.25) is 0 Å². The highest BCUT2D eigenvalue weighted by atomic mass is 19.1. The maximum atomic E-state index is 14.0. The van der Waals surface area contributed by atoms with Crippen LogP contribution in [-0.2, 0) is 21.7 Å². The molecular formula is C13H10FNO4. The number of hydrogen-bond donors (Lipinski definition) is 1. The van der Waals surface area contributed by atoms with Gasteiger partial charge in [0.25, 0.3) is 5.56 Å². The number of carbonyl (C=O) groups excluding carboxylic acids is 1. The minimum Gasteiger partial charge on any atom is -0.467 e. The number of aliphatic hydroxyl groups is 1. The second-order valence-electron chi connectivity index (χ2n) is 4.47. The van der Waals surface area contributed by atoms with Gasteiger partial charge < -0.3 is 14.4 Å². The molecular weight excluding hydrogens is 253 g/mol. The third kappa shape index (κ3) is 1.37. The van der Waals surface area contributed by atoms with Gasteiger partial charge in [0.2, 0.25) is 5.60 Å². The van der Waals surface area contributed by atoms with Gasteiger partial charge in [-0.05, 0) is 23.6 Å². The van der Waals surface area contributed by atoms with Crippen molar-refractivity contribution in [2.45, 2.75) is 12.1 Å². The van der Waals surface area contributed by atoms with E-state index in [0.29, 0.717) is 5.39 Å². The van der Waals surface area contributed by atoms with Gasteiger partial charge in [-0.15, -0.1) is 0 Å². The molecule has 2 heterocycles. The first-order chi connectivity index (χ1) is 8.99. The molecule has 0 radical (unpaired) electrons. The minimum absolute atomic E-state index is 0.199. The van der Waals surface area contributed by atoms with Crippen LogP contribution in [0.15, 0.2) is 29.1 Å². The molecule has 6 heteroatoms. The molecule has 1 aromatic heterocycles. The Kier molecular flexibility index (Phi) is 2.27. The van der Waals surface area contributed by atoms with E-state index in [9.17, 15) is 19.1 Å². The van der Waals surface area contributed by atoms with Gasteiger partial charge in [-0.25, -0.2) is 9.18 Å². The molecule has 1 aliphatic heterocycles. The Morgan fingerprint density at radius 1 is 1.42 bits per heavy atom. The van der Waals surface area contributed by atoms with Gasteiger partial charge in [0.15, 0.2) is 0 Å². The Morgan fingerprint density at radius 2 is 2.11 bits per heavy atom. The van der Waals surface area contributed by atoms with Gasteiger partial charge in [0.05, 0.1) is 24.7 Å². The molecule has 0 amide bonds. The van der Waals surface area contributed by atoms with Crippen molar-refractivity contribution in [2.75, 3.05) is 7.11 Å². The highest BCUT2D eigenvalue weighted by Crippen LogP contribution is 2.38. The summed E-state index contributed by atoms with van der Waals surface area (Å²) in [5.41, 5.74) is -2.53. The van der Waals surface area contributed by atoms with Crippen LogP contribution in [0.5, 0.6) is 0 Å². The molecule has 98 valence electrons. The van der Waals surface area contributed by atoms with E-state index < -0.39 is 22.9 Å². The topological polar surface area (TPSA) is 68.5 Å². The number of aromatic nitrogens is 1. The molecule has 3 rings (SSSR count). The second-order valence-corrected chi connectivity index (χ2v) is 4.47. The smallest absolute Gasteiger partial charge is 0.344 e. The highest BCUT2D eigenvalue weighted by molar-refractivity contribution is 5.93. The molecule has 0 saturated carbocycles. The quantitative estimate of drug-likeness (QED) is 0.761. The van der Waals surface area contributed by atoms with Gasteiger partial charge in [0, 0.05) is 6.07 Å². The number of halogens is 1. The van der Waals surface area contributed by atoms with Crippen molar-refractivity contribution >= 4 is 16.9 Å². The molecule has 1 N–H and O–H groups in total. The first-order valence-corrected chi connectivity index (χ1v) is 5.62. The minimum atomic E-state index is -2.16. The molecule has 0 saturated heterocycles. The van der Waals surface area contributed by atoms with E-state index in [-0.39, 0.29) is 17.6 Å². The van der Waals surface area contributed by atoms with Gasteiger partial charge in [-0.3, -0.25) is 4.79 Å². The van der Waals surface area contributed by atoms with Crippen LogP contribution in [0, 0.1) is 5.82 Å². The summed E-state index contributed by atoms with van der Waals surface area (Å²) in [7, 11) is 1.10. The Labute approximate surface area is 106 Å². The van der Waals surface area contributed by atoms with E-state index in [1.54, 1.807) is 0 Å². The lowest BCUT2D eigenvalue weighted by atomic mass is 9.94. The van der Waals surface area contributed by atoms with E-state index in [0.717, 1.165) is 13.2 Å². The predicted octanol–water partition coefficient (Wildman–Crippen LogP) is 0.515. The lowest BCUT2D eigenvalue weighted by Crippen LogP contribution is -2.39. The van der Waals surface area contributed by atoms with Gasteiger partial charge in [-0.1, -0.05) is 0 Å². The number of pyridine rings is 1. The third-order valence-electron chi connectivity index (χ3n) is 3.42. The van der Waals surface area contributed by atoms with Crippen LogP contribution in [0.4, 0.5) is 4.39 Å². The largest absolute Gasteiger partial charge is 0.467 e. The van der Waals surface area contributed by atoms with Crippen molar-refractivity contribution in [3.63, 3.8) is 0 Å². The molecule has 0 spiro atoms. The maximum Gasteiger partial charge on any atom is 0.344 e. The predicted molar refractivity (Wildman–Crippen MR) is 64.1 cm³/mol. The molecule has 0 bridgehead atoms. The SMILES string of the molecule is COC(=O)C1(O)Cn2c(=O)ccc3ccc(F)c1c32. The number of nitrogens with zero attached hydrogens (tertiary/aromatic N) is 1. The number of methoxy groups -OCH3 is 1. The van der Waals surface area contributed by atoms with Gasteiger partial charge >= 0.3 is 5.97 Å². The summed E-state index contributed by atoms with van der Waals surface area (Å²) in [4.78, 5) is 23.5. The van der Waals surface area contributed by atoms with Crippen LogP contribution >= 0.6 is 0 Å². The van der Waals surface area contributed by atoms with Crippen LogP contribution in [0.1, 0.15) is 5.56 Å². The first-order valence-electron chi connectivity index (χ1n) is 5.62. The average molecular weight is 263 g/mol. The van der Waals surface area contributed by atoms with Crippen LogP contribution < -0.4 is 5.56 Å². The zero-order chi connectivity index (χ0) is 13.8. The Balaban J connectivity index is 2.46. The van der Waals surface area contributed by atoms with Crippen LogP contribution in [0.3, 0.4) is 0 Å². The summed E-state index contributed by atoms with van der Waals surface area (Å²) >= 11 is 0. The molecule has 1 unspecified atom stereocenters. The van der Waals surface area contributed by atoms with Crippen molar-refractivity contribution < 1.29 is 19.0 Å². The number of benzene rings is 1. The molecule has 0 aliphatic carbocycles. The third-order valence-corrected chi connectivity index (χ3v) is 3.42. The fourth-order valence-corrected chi connectivity index (χ4v) is 2.56. The normalized spacial score (nSPS) is 20.8. The fraction of sp³-hybridized carbons (Fsp3) is 0.231. The first kappa shape index (κ1) is 11.9. The number of ether oxygens (including phenoxy) is 1. The van der Waals surface area contributed by atoms with E-state index in [2.05, 4.69) is 4.74 Å². The summed E-state index contributed by atoms with van der Waals surface area (Å²) in [5, 5.41) is 11.0. The Morgan fingerprint density at radius 3 is 2.79 bits per heavy atom. The average Bonchev–Trinajstić information content (AvgIpc) is 2.73. The molecule has 5 nitrogen and oxygen atoms in total. The zero-order valence-electron chi connectivity index (χ0n) is 10.0. The lowest BCUT2D eigenvalue weighted by Gasteiger charge is -2.20. The summed E-state index contributed by atoms with van der Waals surface area (Å²) in [5.74, 6) is -1.72. The lowest BCUT2D eigenvalue weighted by molar-refractivity contribution is -0.164. The summed E-state index contributed by atoms with van der Waals surface area (Å²) < 4.78 is 19.7. The Hall–Kier alpha value is -2.21. The van der Waals surface area contributed by atoms with Gasteiger partial charge in [0.1, 0.15) is 5.82 Å². The molecule has 2 aromatic rings. The summed E-state index contributed by atoms with van der Waals surface area (Å²) in [6, 6.07) is 5.49. The number of esters is 1. The molecule has 0 fully saturated rings. The van der Waals surface area contributed by atoms with Crippen LogP contribution in [0.25, 0.3) is 10.9 Å². The zero-order valence-corrected chi connectivity index (χ0v) is 10.0. The highest BCUT2D eigenvalue weighted by Gasteiger charge is 2.48. The van der Waals surface area contributed by atoms with Gasteiger partial charge in [-0.2, -0.15) is 0 Å². The van der Waals surface area contributed by atoms with Crippen molar-refractivity contribution in [3.8, 4) is 0 Å². The maximum absolute atomic E-state index is 14.0. The second kappa shape index (κ2) is 3.64. The fourth-order valence-electron chi connectivity index (χ4n) is 2.56.